The number of nitrogens with one attached hydrogen (secondary N) is 2. The van der Waals surface area contributed by atoms with E-state index >= 15 is 0 Å². The molecule has 6 heteroatoms. The van der Waals surface area contributed by atoms with Crippen molar-refractivity contribution in [1.29, 1.82) is 0 Å². The molecule has 0 spiro atoms. The molecule has 0 atom stereocenters. The zero-order chi connectivity index (χ0) is 14.7. The summed E-state index contributed by atoms with van der Waals surface area (Å²) in [5, 5.41) is 4.29. The molecule has 3 rings (SSSR count). The summed E-state index contributed by atoms with van der Waals surface area (Å²) in [6.07, 6.45) is 3.64. The molecule has 0 aliphatic carbocycles. The predicted molar refractivity (Wildman–Crippen MR) is 76.5 cm³/mol. The number of benzene rings is 1. The maximum Gasteiger partial charge on any atom is 0.387 e. The molecule has 108 valence electrons. The molecule has 0 unspecified atom stereocenters. The molecule has 4 nitrogen and oxygen atoms in total. The van der Waals surface area contributed by atoms with Crippen LogP contribution in [0.4, 0.5) is 14.5 Å². The summed E-state index contributed by atoms with van der Waals surface area (Å²) in [5.41, 5.74) is 2.76. The molecule has 0 aliphatic heterocycles. The van der Waals surface area contributed by atoms with Crippen LogP contribution in [0.15, 0.2) is 48.8 Å². The molecule has 2 aromatic heterocycles. The van der Waals surface area contributed by atoms with Crippen LogP contribution in [-0.2, 0) is 6.54 Å². The molecule has 21 heavy (non-hydrogen) atoms. The highest BCUT2D eigenvalue weighted by molar-refractivity contribution is 5.79. The Balaban J connectivity index is 1.67. The van der Waals surface area contributed by atoms with Crippen molar-refractivity contribution in [3.8, 4) is 5.75 Å². The van der Waals surface area contributed by atoms with E-state index in [2.05, 4.69) is 20.0 Å². The molecule has 0 saturated carbocycles. The number of fused-ring (bicyclic) bond motifs is 1. The van der Waals surface area contributed by atoms with Gasteiger partial charge in [0.15, 0.2) is 0 Å². The maximum absolute atomic E-state index is 12.1. The van der Waals surface area contributed by atoms with Crippen LogP contribution in [0.3, 0.4) is 0 Å². The topological polar surface area (TPSA) is 49.9 Å². The third kappa shape index (κ3) is 3.10. The number of aromatic amines is 1. The molecule has 0 fully saturated rings. The van der Waals surface area contributed by atoms with Crippen LogP contribution >= 0.6 is 0 Å². The average Bonchev–Trinajstić information content (AvgIpc) is 2.89. The largest absolute Gasteiger partial charge is 0.435 e. The van der Waals surface area contributed by atoms with Gasteiger partial charge in [-0.05, 0) is 42.0 Å². The monoisotopic (exact) mass is 289 g/mol. The summed E-state index contributed by atoms with van der Waals surface area (Å²) >= 11 is 0. The lowest BCUT2D eigenvalue weighted by atomic mass is 10.2. The van der Waals surface area contributed by atoms with E-state index in [9.17, 15) is 8.78 Å². The van der Waals surface area contributed by atoms with E-state index in [1.54, 1.807) is 18.3 Å². The van der Waals surface area contributed by atoms with Crippen LogP contribution in [0.25, 0.3) is 11.0 Å². The molecule has 0 radical (unpaired) electrons. The number of anilines is 1. The Labute approximate surface area is 119 Å². The summed E-state index contributed by atoms with van der Waals surface area (Å²) in [5.74, 6) is 0.145. The van der Waals surface area contributed by atoms with Gasteiger partial charge >= 0.3 is 6.61 Å². The Kier molecular flexibility index (Phi) is 3.68. The van der Waals surface area contributed by atoms with Crippen LogP contribution in [0.1, 0.15) is 5.56 Å². The lowest BCUT2D eigenvalue weighted by molar-refractivity contribution is -0.0498. The maximum atomic E-state index is 12.1. The van der Waals surface area contributed by atoms with Crippen LogP contribution < -0.4 is 10.1 Å². The zero-order valence-electron chi connectivity index (χ0n) is 11.0. The normalized spacial score (nSPS) is 11.0. The van der Waals surface area contributed by atoms with Crippen LogP contribution in [-0.4, -0.2) is 16.6 Å². The van der Waals surface area contributed by atoms with Gasteiger partial charge in [0.2, 0.25) is 0 Å². The Morgan fingerprint density at radius 2 is 2.00 bits per heavy atom. The Hall–Kier alpha value is -2.63. The number of hydrogen-bond donors (Lipinski definition) is 2. The van der Waals surface area contributed by atoms with Gasteiger partial charge in [0.05, 0.1) is 0 Å². The highest BCUT2D eigenvalue weighted by atomic mass is 19.3. The van der Waals surface area contributed by atoms with Crippen molar-refractivity contribution in [2.24, 2.45) is 0 Å². The molecule has 2 heterocycles. The van der Waals surface area contributed by atoms with Gasteiger partial charge in [0.1, 0.15) is 11.4 Å². The second kappa shape index (κ2) is 5.78. The third-order valence-electron chi connectivity index (χ3n) is 3.10. The minimum absolute atomic E-state index is 0.145. The summed E-state index contributed by atoms with van der Waals surface area (Å²) in [6.45, 7) is -2.19. The second-order valence-corrected chi connectivity index (χ2v) is 4.47. The van der Waals surface area contributed by atoms with Crippen molar-refractivity contribution in [3.63, 3.8) is 0 Å². The first-order chi connectivity index (χ1) is 10.2. The van der Waals surface area contributed by atoms with Gasteiger partial charge in [-0.15, -0.1) is 0 Å². The van der Waals surface area contributed by atoms with E-state index in [4.69, 9.17) is 0 Å². The lowest BCUT2D eigenvalue weighted by Gasteiger charge is -2.08. The summed E-state index contributed by atoms with van der Waals surface area (Å²) in [4.78, 5) is 7.33. The Bertz CT molecular complexity index is 725. The fourth-order valence-corrected chi connectivity index (χ4v) is 2.11. The molecule has 3 aromatic rings. The molecule has 0 amide bonds. The number of aromatic nitrogens is 2. The molecule has 0 saturated heterocycles. The summed E-state index contributed by atoms with van der Waals surface area (Å²) in [6, 6.07) is 10.3. The molecule has 0 bridgehead atoms. The summed E-state index contributed by atoms with van der Waals surface area (Å²) in [7, 11) is 0. The molecule has 0 aliphatic rings. The van der Waals surface area contributed by atoms with Gasteiger partial charge in [-0.2, -0.15) is 8.78 Å². The Morgan fingerprint density at radius 3 is 2.76 bits per heavy atom. The first-order valence-corrected chi connectivity index (χ1v) is 6.42. The van der Waals surface area contributed by atoms with Gasteiger partial charge in [-0.3, -0.25) is 0 Å². The van der Waals surface area contributed by atoms with Crippen LogP contribution in [0.2, 0.25) is 0 Å². The van der Waals surface area contributed by atoms with Crippen molar-refractivity contribution in [3.05, 3.63) is 54.4 Å². The van der Waals surface area contributed by atoms with Gasteiger partial charge in [-0.25, -0.2) is 4.98 Å². The highest BCUT2D eigenvalue weighted by Crippen LogP contribution is 2.20. The van der Waals surface area contributed by atoms with E-state index in [0.717, 1.165) is 22.3 Å². The van der Waals surface area contributed by atoms with E-state index in [1.807, 2.05) is 18.3 Å². The zero-order valence-corrected chi connectivity index (χ0v) is 11.0. The predicted octanol–water partition coefficient (Wildman–Crippen LogP) is 3.78. The fraction of sp³-hybridized carbons (Fsp3) is 0.133. The number of pyridine rings is 1. The van der Waals surface area contributed by atoms with E-state index in [-0.39, 0.29) is 5.75 Å². The van der Waals surface area contributed by atoms with Crippen molar-refractivity contribution < 1.29 is 13.5 Å². The smallest absolute Gasteiger partial charge is 0.387 e. The van der Waals surface area contributed by atoms with Crippen LogP contribution in [0.5, 0.6) is 5.75 Å². The highest BCUT2D eigenvalue weighted by Gasteiger charge is 2.05. The van der Waals surface area contributed by atoms with E-state index in [1.165, 1.54) is 12.1 Å². The second-order valence-electron chi connectivity index (χ2n) is 4.47. The fourth-order valence-electron chi connectivity index (χ4n) is 2.11. The average molecular weight is 289 g/mol. The molecule has 1 aromatic carbocycles. The van der Waals surface area contributed by atoms with Gasteiger partial charge < -0.3 is 15.0 Å². The minimum Gasteiger partial charge on any atom is -0.435 e. The van der Waals surface area contributed by atoms with Gasteiger partial charge in [0, 0.05) is 30.0 Å². The number of alkyl halides is 2. The van der Waals surface area contributed by atoms with Crippen molar-refractivity contribution in [1.82, 2.24) is 9.97 Å². The summed E-state index contributed by atoms with van der Waals surface area (Å²) < 4.78 is 28.4. The van der Waals surface area contributed by atoms with Gasteiger partial charge in [0.25, 0.3) is 0 Å². The van der Waals surface area contributed by atoms with Crippen molar-refractivity contribution in [2.45, 2.75) is 13.2 Å². The number of halogens is 2. The first-order valence-electron chi connectivity index (χ1n) is 6.42. The quantitative estimate of drug-likeness (QED) is 0.751. The minimum atomic E-state index is -2.80. The van der Waals surface area contributed by atoms with Crippen molar-refractivity contribution in [2.75, 3.05) is 5.32 Å². The lowest BCUT2D eigenvalue weighted by Crippen LogP contribution is -2.02. The van der Waals surface area contributed by atoms with Crippen LogP contribution in [0, 0.1) is 0 Å². The van der Waals surface area contributed by atoms with E-state index < -0.39 is 6.61 Å². The number of H-pyrrole nitrogens is 1. The standard InChI is InChI=1S/C15H13F2N3O/c16-15(17)21-12-5-3-11(4-6-12)19-8-10-9-20-14-13(10)2-1-7-18-14/h1-7,9,15,19H,8H2,(H,18,20). The van der Waals surface area contributed by atoms with Gasteiger partial charge in [-0.1, -0.05) is 0 Å². The van der Waals surface area contributed by atoms with E-state index in [0.29, 0.717) is 6.54 Å². The molecule has 2 N–H and O–H groups in total. The number of ether oxygens (including phenoxy) is 1. The molecular weight excluding hydrogens is 276 g/mol. The number of hydrogen-bond acceptors (Lipinski definition) is 3. The number of rotatable bonds is 5. The number of nitrogens with zero attached hydrogens (tertiary/aromatic N) is 1. The SMILES string of the molecule is FC(F)Oc1ccc(NCc2c[nH]c3ncccc23)cc1. The Morgan fingerprint density at radius 1 is 1.19 bits per heavy atom. The third-order valence-corrected chi connectivity index (χ3v) is 3.10. The molecular formula is C15H13F2N3O. The first kappa shape index (κ1) is 13.4. The van der Waals surface area contributed by atoms with Crippen molar-refractivity contribution >= 4 is 16.7 Å².